The molecule has 11 heteroatoms. The summed E-state index contributed by atoms with van der Waals surface area (Å²) in [6.45, 7) is -2.16. The van der Waals surface area contributed by atoms with Crippen molar-refractivity contribution in [2.45, 2.75) is 25.3 Å². The third-order valence-corrected chi connectivity index (χ3v) is 4.51. The molecule has 29 heavy (non-hydrogen) atoms. The first-order valence-electron chi connectivity index (χ1n) is 8.67. The van der Waals surface area contributed by atoms with Crippen LogP contribution >= 0.6 is 0 Å². The molecule has 0 spiro atoms. The minimum Gasteiger partial charge on any atom is -0.434 e. The Labute approximate surface area is 161 Å². The number of aromatic nitrogens is 3. The Morgan fingerprint density at radius 1 is 1.21 bits per heavy atom. The topological polar surface area (TPSA) is 60.7 Å². The number of hydrogen-bond acceptors (Lipinski definition) is 5. The minimum atomic E-state index is -4.70. The molecule has 2 aromatic heterocycles. The van der Waals surface area contributed by atoms with Gasteiger partial charge in [0.1, 0.15) is 11.4 Å². The standard InChI is InChI=1S/C18H15F5N4O2/c19-16(20)29-14-8-10(18(21,22)23)3-4-12(14)15-13-2-1-6-27(13)17(26-25-15)24-11-5-7-28-9-11/h1-4,6,8,11,16H,5,7,9H2,(H,24,26). The Kier molecular flexibility index (Phi) is 4.99. The van der Waals surface area contributed by atoms with Crippen molar-refractivity contribution in [2.24, 2.45) is 0 Å². The van der Waals surface area contributed by atoms with Crippen LogP contribution in [0.2, 0.25) is 0 Å². The van der Waals surface area contributed by atoms with E-state index in [1.807, 2.05) is 0 Å². The number of rotatable bonds is 5. The molecule has 0 saturated carbocycles. The molecule has 1 aliphatic heterocycles. The summed E-state index contributed by atoms with van der Waals surface area (Å²) in [6, 6.07) is 5.77. The highest BCUT2D eigenvalue weighted by Gasteiger charge is 2.32. The smallest absolute Gasteiger partial charge is 0.416 e. The fourth-order valence-electron chi connectivity index (χ4n) is 3.16. The lowest BCUT2D eigenvalue weighted by Gasteiger charge is -2.16. The van der Waals surface area contributed by atoms with Crippen molar-refractivity contribution in [3.8, 4) is 17.0 Å². The van der Waals surface area contributed by atoms with E-state index < -0.39 is 24.1 Å². The van der Waals surface area contributed by atoms with Gasteiger partial charge in [-0.25, -0.2) is 0 Å². The van der Waals surface area contributed by atoms with Crippen LogP contribution < -0.4 is 10.1 Å². The molecular formula is C18H15F5N4O2. The molecule has 1 aliphatic rings. The first kappa shape index (κ1) is 19.4. The Hall–Kier alpha value is -2.95. The van der Waals surface area contributed by atoms with Crippen LogP contribution in [0.1, 0.15) is 12.0 Å². The molecule has 1 atom stereocenters. The van der Waals surface area contributed by atoms with E-state index in [9.17, 15) is 22.0 Å². The molecular weight excluding hydrogens is 399 g/mol. The Balaban J connectivity index is 1.79. The second-order valence-corrected chi connectivity index (χ2v) is 6.43. The van der Waals surface area contributed by atoms with E-state index in [1.54, 1.807) is 22.7 Å². The lowest BCUT2D eigenvalue weighted by atomic mass is 10.1. The van der Waals surface area contributed by atoms with Gasteiger partial charge < -0.3 is 14.8 Å². The maximum atomic E-state index is 13.0. The van der Waals surface area contributed by atoms with Gasteiger partial charge in [-0.3, -0.25) is 4.40 Å². The molecule has 0 aliphatic carbocycles. The summed E-state index contributed by atoms with van der Waals surface area (Å²) < 4.78 is 75.9. The van der Waals surface area contributed by atoms with Gasteiger partial charge in [0.25, 0.3) is 0 Å². The summed E-state index contributed by atoms with van der Waals surface area (Å²) in [5.74, 6) is -0.218. The van der Waals surface area contributed by atoms with Crippen molar-refractivity contribution >= 4 is 11.5 Å². The maximum Gasteiger partial charge on any atom is 0.416 e. The van der Waals surface area contributed by atoms with Crippen molar-refractivity contribution in [2.75, 3.05) is 18.5 Å². The van der Waals surface area contributed by atoms with Crippen LogP contribution in [0.25, 0.3) is 16.8 Å². The van der Waals surface area contributed by atoms with Crippen LogP contribution in [0, 0.1) is 0 Å². The van der Waals surface area contributed by atoms with Crippen LogP contribution in [0.15, 0.2) is 36.5 Å². The van der Waals surface area contributed by atoms with E-state index in [0.29, 0.717) is 30.7 Å². The van der Waals surface area contributed by atoms with Crippen LogP contribution in [0.5, 0.6) is 5.75 Å². The zero-order valence-corrected chi connectivity index (χ0v) is 14.8. The summed E-state index contributed by atoms with van der Waals surface area (Å²) in [4.78, 5) is 0. The van der Waals surface area contributed by atoms with E-state index in [1.165, 1.54) is 0 Å². The van der Waals surface area contributed by atoms with E-state index >= 15 is 0 Å². The third kappa shape index (κ3) is 3.95. The molecule has 154 valence electrons. The monoisotopic (exact) mass is 414 g/mol. The lowest BCUT2D eigenvalue weighted by molar-refractivity contribution is -0.138. The molecule has 1 N–H and O–H groups in total. The quantitative estimate of drug-likeness (QED) is 0.634. The zero-order chi connectivity index (χ0) is 20.6. The van der Waals surface area contributed by atoms with Crippen LogP contribution in [0.4, 0.5) is 27.9 Å². The van der Waals surface area contributed by atoms with Gasteiger partial charge in [0.2, 0.25) is 5.95 Å². The Bertz CT molecular complexity index is 1020. The van der Waals surface area contributed by atoms with E-state index in [-0.39, 0.29) is 17.3 Å². The maximum absolute atomic E-state index is 13.0. The van der Waals surface area contributed by atoms with Crippen molar-refractivity contribution in [1.82, 2.24) is 14.6 Å². The highest BCUT2D eigenvalue weighted by atomic mass is 19.4. The number of hydrogen-bond donors (Lipinski definition) is 1. The summed E-state index contributed by atoms with van der Waals surface area (Å²) in [5, 5.41) is 11.4. The number of alkyl halides is 5. The van der Waals surface area contributed by atoms with E-state index in [2.05, 4.69) is 20.3 Å². The first-order valence-corrected chi connectivity index (χ1v) is 8.67. The number of ether oxygens (including phenoxy) is 2. The van der Waals surface area contributed by atoms with Gasteiger partial charge in [0, 0.05) is 18.4 Å². The average molecular weight is 414 g/mol. The molecule has 3 heterocycles. The normalized spacial score (nSPS) is 17.2. The molecule has 3 aromatic rings. The molecule has 6 nitrogen and oxygen atoms in total. The van der Waals surface area contributed by atoms with Crippen molar-refractivity contribution < 1.29 is 31.4 Å². The molecule has 0 amide bonds. The van der Waals surface area contributed by atoms with Crippen LogP contribution in [-0.4, -0.2) is 40.5 Å². The van der Waals surface area contributed by atoms with Gasteiger partial charge in [0.15, 0.2) is 0 Å². The summed E-state index contributed by atoms with van der Waals surface area (Å²) >= 11 is 0. The van der Waals surface area contributed by atoms with Crippen molar-refractivity contribution in [1.29, 1.82) is 0 Å². The van der Waals surface area contributed by atoms with Gasteiger partial charge in [-0.2, -0.15) is 22.0 Å². The number of benzene rings is 1. The number of nitrogens with zero attached hydrogens (tertiary/aromatic N) is 3. The predicted molar refractivity (Wildman–Crippen MR) is 92.9 cm³/mol. The van der Waals surface area contributed by atoms with Crippen LogP contribution in [-0.2, 0) is 10.9 Å². The fraction of sp³-hybridized carbons (Fsp3) is 0.333. The molecule has 0 bridgehead atoms. The summed E-state index contributed by atoms with van der Waals surface area (Å²) in [5.41, 5.74) is -0.533. The van der Waals surface area contributed by atoms with Crippen molar-refractivity contribution in [3.63, 3.8) is 0 Å². The molecule has 1 aromatic carbocycles. The van der Waals surface area contributed by atoms with Crippen LogP contribution in [0.3, 0.4) is 0 Å². The molecule has 1 unspecified atom stereocenters. The molecule has 1 saturated heterocycles. The van der Waals surface area contributed by atoms with E-state index in [0.717, 1.165) is 18.6 Å². The van der Waals surface area contributed by atoms with Gasteiger partial charge in [-0.05, 0) is 36.8 Å². The van der Waals surface area contributed by atoms with Gasteiger partial charge in [0.05, 0.1) is 23.7 Å². The SMILES string of the molecule is FC(F)Oc1cc(C(F)(F)F)ccc1-c1nnc(NC2CCOC2)n2cccc12. The summed E-state index contributed by atoms with van der Waals surface area (Å²) in [7, 11) is 0. The van der Waals surface area contributed by atoms with Crippen molar-refractivity contribution in [3.05, 3.63) is 42.1 Å². The summed E-state index contributed by atoms with van der Waals surface area (Å²) in [6.07, 6.45) is -2.23. The van der Waals surface area contributed by atoms with Gasteiger partial charge >= 0.3 is 12.8 Å². The minimum absolute atomic E-state index is 0.0229. The second-order valence-electron chi connectivity index (χ2n) is 6.43. The van der Waals surface area contributed by atoms with E-state index in [4.69, 9.17) is 4.74 Å². The number of halogens is 5. The zero-order valence-electron chi connectivity index (χ0n) is 14.8. The number of nitrogens with one attached hydrogen (secondary N) is 1. The Morgan fingerprint density at radius 2 is 2.03 bits per heavy atom. The predicted octanol–water partition coefficient (Wildman–Crippen LogP) is 4.22. The number of anilines is 1. The highest BCUT2D eigenvalue weighted by Crippen LogP contribution is 2.38. The first-order chi connectivity index (χ1) is 13.8. The van der Waals surface area contributed by atoms with Gasteiger partial charge in [-0.15, -0.1) is 10.2 Å². The number of fused-ring (bicyclic) bond motifs is 1. The Morgan fingerprint density at radius 3 is 2.72 bits per heavy atom. The third-order valence-electron chi connectivity index (χ3n) is 4.51. The highest BCUT2D eigenvalue weighted by molar-refractivity contribution is 5.81. The lowest BCUT2D eigenvalue weighted by Crippen LogP contribution is -2.22. The molecule has 0 radical (unpaired) electrons. The average Bonchev–Trinajstić information content (AvgIpc) is 3.33. The molecule has 4 rings (SSSR count). The fourth-order valence-corrected chi connectivity index (χ4v) is 3.16. The second kappa shape index (κ2) is 7.47. The molecule has 1 fully saturated rings. The van der Waals surface area contributed by atoms with Gasteiger partial charge in [-0.1, -0.05) is 0 Å². The largest absolute Gasteiger partial charge is 0.434 e.